The number of aromatic nitrogens is 2. The van der Waals surface area contributed by atoms with Crippen LogP contribution in [0.15, 0.2) is 48.0 Å². The lowest BCUT2D eigenvalue weighted by Gasteiger charge is -2.10. The number of methoxy groups -OCH3 is 2. The van der Waals surface area contributed by atoms with Gasteiger partial charge in [-0.15, -0.1) is 11.3 Å². The number of thiazole rings is 1. The third-order valence-corrected chi connectivity index (χ3v) is 4.62. The van der Waals surface area contributed by atoms with E-state index in [0.717, 1.165) is 16.4 Å². The van der Waals surface area contributed by atoms with Crippen LogP contribution < -0.4 is 14.8 Å². The predicted molar refractivity (Wildman–Crippen MR) is 102 cm³/mol. The van der Waals surface area contributed by atoms with Gasteiger partial charge < -0.3 is 14.8 Å². The Balaban J connectivity index is 1.57. The van der Waals surface area contributed by atoms with Gasteiger partial charge in [0.1, 0.15) is 0 Å². The molecule has 0 aliphatic heterocycles. The number of amides is 1. The highest BCUT2D eigenvalue weighted by Gasteiger charge is 2.10. The van der Waals surface area contributed by atoms with Gasteiger partial charge in [0.25, 0.3) is 0 Å². The minimum absolute atomic E-state index is 0.0770. The third-order valence-electron chi connectivity index (χ3n) is 3.71. The molecule has 7 heteroatoms. The number of nitrogens with one attached hydrogen (secondary N) is 1. The number of aryl methyl sites for hydroxylation is 1. The highest BCUT2D eigenvalue weighted by Crippen LogP contribution is 2.29. The fourth-order valence-corrected chi connectivity index (χ4v) is 3.21. The van der Waals surface area contributed by atoms with E-state index in [-0.39, 0.29) is 5.91 Å². The molecule has 0 bridgehead atoms. The van der Waals surface area contributed by atoms with Gasteiger partial charge in [-0.25, -0.2) is 4.98 Å². The van der Waals surface area contributed by atoms with Crippen LogP contribution in [0.25, 0.3) is 11.4 Å². The Morgan fingerprint density at radius 2 is 1.96 bits per heavy atom. The summed E-state index contributed by atoms with van der Waals surface area (Å²) in [4.78, 5) is 21.0. The molecule has 3 rings (SSSR count). The summed E-state index contributed by atoms with van der Waals surface area (Å²) in [7, 11) is 3.13. The summed E-state index contributed by atoms with van der Waals surface area (Å²) in [5.74, 6) is 1.12. The maximum Gasteiger partial charge on any atom is 0.224 e. The van der Waals surface area contributed by atoms with Crippen LogP contribution in [-0.4, -0.2) is 30.1 Å². The SMILES string of the molecule is COc1ccc(NC(=O)CCc2nc(-c3ccccn3)cs2)cc1OC. The zero-order valence-corrected chi connectivity index (χ0v) is 15.4. The molecule has 0 saturated heterocycles. The minimum Gasteiger partial charge on any atom is -0.493 e. The van der Waals surface area contributed by atoms with Crippen molar-refractivity contribution in [3.05, 3.63) is 53.0 Å². The van der Waals surface area contributed by atoms with Gasteiger partial charge in [0.15, 0.2) is 11.5 Å². The zero-order valence-electron chi connectivity index (χ0n) is 14.6. The van der Waals surface area contributed by atoms with Crippen LogP contribution in [0.3, 0.4) is 0 Å². The smallest absolute Gasteiger partial charge is 0.224 e. The molecule has 2 aromatic heterocycles. The molecule has 0 saturated carbocycles. The molecule has 1 N–H and O–H groups in total. The normalized spacial score (nSPS) is 10.4. The average Bonchev–Trinajstić information content (AvgIpc) is 3.16. The van der Waals surface area contributed by atoms with Gasteiger partial charge in [0.05, 0.1) is 30.6 Å². The van der Waals surface area contributed by atoms with Gasteiger partial charge in [-0.1, -0.05) is 6.07 Å². The van der Waals surface area contributed by atoms with Crippen molar-refractivity contribution < 1.29 is 14.3 Å². The van der Waals surface area contributed by atoms with Crippen LogP contribution in [0.4, 0.5) is 5.69 Å². The molecule has 1 aromatic carbocycles. The predicted octanol–water partition coefficient (Wildman–Crippen LogP) is 3.79. The second-order valence-corrected chi connectivity index (χ2v) is 6.40. The van der Waals surface area contributed by atoms with Crippen LogP contribution in [0.5, 0.6) is 11.5 Å². The van der Waals surface area contributed by atoms with E-state index < -0.39 is 0 Å². The van der Waals surface area contributed by atoms with Crippen molar-refractivity contribution in [2.24, 2.45) is 0 Å². The van der Waals surface area contributed by atoms with Crippen molar-refractivity contribution in [3.8, 4) is 22.9 Å². The van der Waals surface area contributed by atoms with Crippen LogP contribution in [-0.2, 0) is 11.2 Å². The van der Waals surface area contributed by atoms with Crippen molar-refractivity contribution in [2.75, 3.05) is 19.5 Å². The molecule has 2 heterocycles. The first-order chi connectivity index (χ1) is 12.7. The molecule has 0 aliphatic rings. The Bertz CT molecular complexity index is 881. The lowest BCUT2D eigenvalue weighted by Crippen LogP contribution is -2.12. The minimum atomic E-state index is -0.0770. The van der Waals surface area contributed by atoms with Gasteiger partial charge >= 0.3 is 0 Å². The van der Waals surface area contributed by atoms with Crippen molar-refractivity contribution in [3.63, 3.8) is 0 Å². The summed E-state index contributed by atoms with van der Waals surface area (Å²) in [5, 5.41) is 5.74. The molecule has 0 fully saturated rings. The number of hydrogen-bond acceptors (Lipinski definition) is 6. The lowest BCUT2D eigenvalue weighted by molar-refractivity contribution is -0.116. The number of carbonyl (C=O) groups is 1. The topological polar surface area (TPSA) is 73.3 Å². The van der Waals surface area contributed by atoms with Crippen LogP contribution in [0.2, 0.25) is 0 Å². The molecule has 6 nitrogen and oxygen atoms in total. The number of hydrogen-bond donors (Lipinski definition) is 1. The maximum absolute atomic E-state index is 12.2. The van der Waals surface area contributed by atoms with Crippen molar-refractivity contribution in [2.45, 2.75) is 12.8 Å². The number of nitrogens with zero attached hydrogens (tertiary/aromatic N) is 2. The number of carbonyl (C=O) groups excluding carboxylic acids is 1. The summed E-state index contributed by atoms with van der Waals surface area (Å²) < 4.78 is 10.4. The highest BCUT2D eigenvalue weighted by molar-refractivity contribution is 7.09. The van der Waals surface area contributed by atoms with E-state index in [9.17, 15) is 4.79 Å². The third kappa shape index (κ3) is 4.37. The number of pyridine rings is 1. The van der Waals surface area contributed by atoms with E-state index in [1.165, 1.54) is 11.3 Å². The Hall–Kier alpha value is -2.93. The second kappa shape index (κ2) is 8.44. The number of rotatable bonds is 7. The summed E-state index contributed by atoms with van der Waals surface area (Å²) >= 11 is 1.54. The Kier molecular flexibility index (Phi) is 5.80. The molecular weight excluding hydrogens is 350 g/mol. The Morgan fingerprint density at radius 1 is 1.12 bits per heavy atom. The van der Waals surface area contributed by atoms with Crippen LogP contribution in [0.1, 0.15) is 11.4 Å². The molecule has 134 valence electrons. The molecule has 0 atom stereocenters. The van der Waals surface area contributed by atoms with E-state index >= 15 is 0 Å². The summed E-state index contributed by atoms with van der Waals surface area (Å²) in [6.07, 6.45) is 2.67. The van der Waals surface area contributed by atoms with Crippen molar-refractivity contribution >= 4 is 22.9 Å². The summed E-state index contributed by atoms with van der Waals surface area (Å²) in [6.45, 7) is 0. The average molecular weight is 369 g/mol. The molecular formula is C19H19N3O3S. The summed E-state index contributed by atoms with van der Waals surface area (Å²) in [5.41, 5.74) is 2.34. The zero-order chi connectivity index (χ0) is 18.4. The molecule has 1 amide bonds. The number of benzene rings is 1. The molecule has 26 heavy (non-hydrogen) atoms. The van der Waals surface area contributed by atoms with Gasteiger partial charge in [-0.2, -0.15) is 0 Å². The molecule has 3 aromatic rings. The van der Waals surface area contributed by atoms with Gasteiger partial charge in [0, 0.05) is 36.2 Å². The highest BCUT2D eigenvalue weighted by atomic mass is 32.1. The van der Waals surface area contributed by atoms with E-state index in [1.807, 2.05) is 23.6 Å². The maximum atomic E-state index is 12.2. The Labute approximate surface area is 155 Å². The monoisotopic (exact) mass is 369 g/mol. The van der Waals surface area contributed by atoms with E-state index in [1.54, 1.807) is 38.6 Å². The second-order valence-electron chi connectivity index (χ2n) is 5.46. The lowest BCUT2D eigenvalue weighted by atomic mass is 10.2. The number of anilines is 1. The van der Waals surface area contributed by atoms with Gasteiger partial charge in [-0.3, -0.25) is 9.78 Å². The fourth-order valence-electron chi connectivity index (χ4n) is 2.42. The fraction of sp³-hybridized carbons (Fsp3) is 0.211. The molecule has 0 spiro atoms. The van der Waals surface area contributed by atoms with Gasteiger partial charge in [-0.05, 0) is 24.3 Å². The van der Waals surface area contributed by atoms with Crippen molar-refractivity contribution in [1.82, 2.24) is 9.97 Å². The first kappa shape index (κ1) is 17.9. The van der Waals surface area contributed by atoms with E-state index in [4.69, 9.17) is 9.47 Å². The van der Waals surface area contributed by atoms with Gasteiger partial charge in [0.2, 0.25) is 5.91 Å². The number of ether oxygens (including phenoxy) is 2. The standard InChI is InChI=1S/C19H19N3O3S/c1-24-16-7-6-13(11-17(16)25-2)21-18(23)8-9-19-22-15(12-26-19)14-5-3-4-10-20-14/h3-7,10-12H,8-9H2,1-2H3,(H,21,23). The quantitative estimate of drug-likeness (QED) is 0.686. The first-order valence-corrected chi connectivity index (χ1v) is 8.95. The van der Waals surface area contributed by atoms with E-state index in [2.05, 4.69) is 15.3 Å². The van der Waals surface area contributed by atoms with Crippen LogP contribution in [0, 0.1) is 0 Å². The van der Waals surface area contributed by atoms with E-state index in [0.29, 0.717) is 30.0 Å². The summed E-state index contributed by atoms with van der Waals surface area (Å²) in [6, 6.07) is 11.0. The van der Waals surface area contributed by atoms with Crippen LogP contribution >= 0.6 is 11.3 Å². The molecule has 0 unspecified atom stereocenters. The first-order valence-electron chi connectivity index (χ1n) is 8.07. The Morgan fingerprint density at radius 3 is 2.69 bits per heavy atom. The molecule has 0 aliphatic carbocycles. The van der Waals surface area contributed by atoms with Crippen molar-refractivity contribution in [1.29, 1.82) is 0 Å². The largest absolute Gasteiger partial charge is 0.493 e. The molecule has 0 radical (unpaired) electrons.